The van der Waals surface area contributed by atoms with Gasteiger partial charge in [0.05, 0.1) is 25.5 Å². The Bertz CT molecular complexity index is 1090. The van der Waals surface area contributed by atoms with E-state index in [1.807, 2.05) is 31.2 Å². The quantitative estimate of drug-likeness (QED) is 0.377. The average Bonchev–Trinajstić information content (AvgIpc) is 2.92. The molecule has 1 saturated heterocycles. The number of rotatable bonds is 12. The maximum Gasteiger partial charge on any atom is 0.251 e. The Morgan fingerprint density at radius 1 is 1.11 bits per heavy atom. The van der Waals surface area contributed by atoms with E-state index >= 15 is 0 Å². The molecule has 2 aromatic rings. The van der Waals surface area contributed by atoms with Gasteiger partial charge < -0.3 is 24.4 Å². The van der Waals surface area contributed by atoms with Crippen molar-refractivity contribution in [1.29, 1.82) is 0 Å². The first-order valence-electron chi connectivity index (χ1n) is 13.6. The second-order valence-corrected chi connectivity index (χ2v) is 9.88. The fourth-order valence-electron chi connectivity index (χ4n) is 5.15. The normalized spacial score (nSPS) is 18.5. The predicted molar refractivity (Wildman–Crippen MR) is 155 cm³/mol. The van der Waals surface area contributed by atoms with E-state index in [0.717, 1.165) is 68.0 Å². The molecule has 0 aromatic heterocycles. The van der Waals surface area contributed by atoms with Crippen LogP contribution in [0.1, 0.15) is 72.5 Å². The number of hydrogen-bond acceptors (Lipinski definition) is 6. The van der Waals surface area contributed by atoms with E-state index in [4.69, 9.17) is 19.2 Å². The first kappa shape index (κ1) is 29.9. The molecule has 38 heavy (non-hydrogen) atoms. The molecule has 0 saturated carbocycles. The van der Waals surface area contributed by atoms with E-state index in [2.05, 4.69) is 36.3 Å². The van der Waals surface area contributed by atoms with Crippen LogP contribution in [-0.2, 0) is 4.74 Å². The number of unbranched alkanes of at least 4 members (excludes halogenated alkanes) is 1. The zero-order chi connectivity index (χ0) is 26.2. The van der Waals surface area contributed by atoms with Crippen molar-refractivity contribution in [3.63, 3.8) is 0 Å². The summed E-state index contributed by atoms with van der Waals surface area (Å²) in [4.78, 5) is 20.3. The number of carbonyl (C=O) groups is 1. The largest absolute Gasteiger partial charge is 0.493 e. The van der Waals surface area contributed by atoms with E-state index in [1.165, 1.54) is 5.56 Å². The number of amides is 1. The van der Waals surface area contributed by atoms with Gasteiger partial charge in [-0.1, -0.05) is 25.5 Å². The number of ether oxygens (including phenoxy) is 3. The molecule has 2 aliphatic rings. The lowest BCUT2D eigenvalue weighted by atomic mass is 9.79. The second-order valence-electron chi connectivity index (χ2n) is 9.88. The number of piperidine rings is 1. The molecule has 2 aliphatic heterocycles. The Balaban J connectivity index is 0.00000400. The number of nitrogens with zero attached hydrogens (tertiary/aromatic N) is 2. The Labute approximate surface area is 233 Å². The number of likely N-dealkylation sites (tertiary alicyclic amines) is 1. The van der Waals surface area contributed by atoms with Gasteiger partial charge in [-0.25, -0.2) is 0 Å². The molecule has 0 aliphatic carbocycles. The summed E-state index contributed by atoms with van der Waals surface area (Å²) in [5, 5.41) is 2.99. The Morgan fingerprint density at radius 2 is 1.87 bits per heavy atom. The maximum absolute atomic E-state index is 12.6. The van der Waals surface area contributed by atoms with Crippen LogP contribution in [0.5, 0.6) is 11.5 Å². The van der Waals surface area contributed by atoms with Gasteiger partial charge in [0, 0.05) is 48.9 Å². The van der Waals surface area contributed by atoms with Crippen LogP contribution in [0.4, 0.5) is 0 Å². The molecule has 8 heteroatoms. The Morgan fingerprint density at radius 3 is 2.58 bits per heavy atom. The van der Waals surface area contributed by atoms with Crippen LogP contribution in [0.2, 0.25) is 0 Å². The lowest BCUT2D eigenvalue weighted by Gasteiger charge is -2.39. The number of likely N-dealkylation sites (N-methyl/N-ethyl adjacent to an activating group) is 1. The molecule has 0 radical (unpaired) electrons. The Kier molecular flexibility index (Phi) is 11.4. The summed E-state index contributed by atoms with van der Waals surface area (Å²) in [6.45, 7) is 8.78. The van der Waals surface area contributed by atoms with Crippen LogP contribution in [0.15, 0.2) is 41.4 Å². The summed E-state index contributed by atoms with van der Waals surface area (Å²) in [6, 6.07) is 12.2. The summed E-state index contributed by atoms with van der Waals surface area (Å²) in [7, 11) is 3.84. The standard InChI is InChI=1S/C30H41N3O4.ClH/c1-5-7-16-36-17-8-14-31-30(34)22-11-9-21(10-12-22)29-24-19-27(35-4)28(37-6-2)18-23(24)25-20-33(3)15-13-26(25)32-29;/h9-12,18-19,25-26H,5-8,13-17,20H2,1-4H3,(H,31,34);1H/t25-,26-;/m1./s1. The summed E-state index contributed by atoms with van der Waals surface area (Å²) in [5.74, 6) is 1.74. The molecule has 2 aromatic carbocycles. The van der Waals surface area contributed by atoms with Crippen LogP contribution in [0.25, 0.3) is 0 Å². The van der Waals surface area contributed by atoms with Gasteiger partial charge in [-0.15, -0.1) is 12.4 Å². The lowest BCUT2D eigenvalue weighted by Crippen LogP contribution is -2.41. The SMILES string of the molecule is CCCCOCCCNC(=O)c1ccc(C2=N[C@@H]3CCN(C)C[C@@H]3c3cc(OCC)c(OC)cc32)cc1.Cl. The first-order chi connectivity index (χ1) is 18.0. The van der Waals surface area contributed by atoms with Crippen molar-refractivity contribution >= 4 is 24.0 Å². The van der Waals surface area contributed by atoms with E-state index < -0.39 is 0 Å². The van der Waals surface area contributed by atoms with Gasteiger partial charge in [0.15, 0.2) is 11.5 Å². The highest BCUT2D eigenvalue weighted by atomic mass is 35.5. The molecule has 1 fully saturated rings. The molecular formula is C30H42ClN3O4. The van der Waals surface area contributed by atoms with E-state index in [-0.39, 0.29) is 24.4 Å². The molecule has 0 bridgehead atoms. The van der Waals surface area contributed by atoms with Crippen molar-refractivity contribution < 1.29 is 19.0 Å². The molecule has 2 heterocycles. The van der Waals surface area contributed by atoms with Gasteiger partial charge in [0.25, 0.3) is 5.91 Å². The summed E-state index contributed by atoms with van der Waals surface area (Å²) >= 11 is 0. The minimum atomic E-state index is -0.0653. The molecule has 0 spiro atoms. The van der Waals surface area contributed by atoms with Crippen LogP contribution < -0.4 is 14.8 Å². The molecule has 1 amide bonds. The van der Waals surface area contributed by atoms with Gasteiger partial charge in [-0.2, -0.15) is 0 Å². The van der Waals surface area contributed by atoms with Crippen LogP contribution in [0.3, 0.4) is 0 Å². The molecular weight excluding hydrogens is 502 g/mol. The van der Waals surface area contributed by atoms with Crippen molar-refractivity contribution in [3.8, 4) is 11.5 Å². The third kappa shape index (κ3) is 7.07. The highest BCUT2D eigenvalue weighted by molar-refractivity contribution is 6.15. The van der Waals surface area contributed by atoms with Crippen molar-refractivity contribution in [2.75, 3.05) is 53.6 Å². The number of hydrogen-bond donors (Lipinski definition) is 1. The minimum Gasteiger partial charge on any atom is -0.493 e. The van der Waals surface area contributed by atoms with Crippen LogP contribution in [-0.4, -0.2) is 76.2 Å². The zero-order valence-electron chi connectivity index (χ0n) is 23.1. The second kappa shape index (κ2) is 14.5. The van der Waals surface area contributed by atoms with E-state index in [0.29, 0.717) is 37.0 Å². The summed E-state index contributed by atoms with van der Waals surface area (Å²) in [6.07, 6.45) is 4.03. The molecule has 4 rings (SSSR count). The number of methoxy groups -OCH3 is 1. The van der Waals surface area contributed by atoms with Gasteiger partial charge in [-0.05, 0) is 69.6 Å². The van der Waals surface area contributed by atoms with Crippen molar-refractivity contribution in [1.82, 2.24) is 10.2 Å². The van der Waals surface area contributed by atoms with Crippen LogP contribution in [0, 0.1) is 0 Å². The third-order valence-electron chi connectivity index (χ3n) is 7.18. The summed E-state index contributed by atoms with van der Waals surface area (Å²) < 4.78 is 17.2. The number of aliphatic imine (C=N–C) groups is 1. The lowest BCUT2D eigenvalue weighted by molar-refractivity contribution is 0.0940. The number of nitrogens with one attached hydrogen (secondary N) is 1. The van der Waals surface area contributed by atoms with Crippen molar-refractivity contribution in [2.45, 2.75) is 51.5 Å². The van der Waals surface area contributed by atoms with Crippen LogP contribution >= 0.6 is 12.4 Å². The highest BCUT2D eigenvalue weighted by Crippen LogP contribution is 2.42. The fourth-order valence-corrected chi connectivity index (χ4v) is 5.15. The zero-order valence-corrected chi connectivity index (χ0v) is 23.9. The number of benzene rings is 2. The smallest absolute Gasteiger partial charge is 0.251 e. The van der Waals surface area contributed by atoms with Gasteiger partial charge >= 0.3 is 0 Å². The topological polar surface area (TPSA) is 72.4 Å². The molecule has 208 valence electrons. The predicted octanol–water partition coefficient (Wildman–Crippen LogP) is 5.09. The number of halogens is 1. The van der Waals surface area contributed by atoms with E-state index in [1.54, 1.807) is 7.11 Å². The van der Waals surface area contributed by atoms with E-state index in [9.17, 15) is 4.79 Å². The average molecular weight is 544 g/mol. The maximum atomic E-state index is 12.6. The third-order valence-corrected chi connectivity index (χ3v) is 7.18. The molecule has 2 atom stereocenters. The number of fused-ring (bicyclic) bond motifs is 3. The fraction of sp³-hybridized carbons (Fsp3) is 0.533. The molecule has 0 unspecified atom stereocenters. The van der Waals surface area contributed by atoms with Gasteiger partial charge in [0.1, 0.15) is 0 Å². The summed E-state index contributed by atoms with van der Waals surface area (Å²) in [5.41, 5.74) is 4.95. The molecule has 7 nitrogen and oxygen atoms in total. The van der Waals surface area contributed by atoms with Crippen molar-refractivity contribution in [2.24, 2.45) is 4.99 Å². The Hall–Kier alpha value is -2.61. The minimum absolute atomic E-state index is 0. The highest BCUT2D eigenvalue weighted by Gasteiger charge is 2.36. The van der Waals surface area contributed by atoms with Gasteiger partial charge in [-0.3, -0.25) is 9.79 Å². The monoisotopic (exact) mass is 543 g/mol. The molecule has 1 N–H and O–H groups in total. The van der Waals surface area contributed by atoms with Gasteiger partial charge in [0.2, 0.25) is 0 Å². The van der Waals surface area contributed by atoms with Crippen molar-refractivity contribution in [3.05, 3.63) is 58.7 Å². The number of carbonyl (C=O) groups excluding carboxylic acids is 1. The first-order valence-corrected chi connectivity index (χ1v) is 13.6.